The molecule has 6 heteroatoms. The summed E-state index contributed by atoms with van der Waals surface area (Å²) in [4.78, 5) is 15.1. The summed E-state index contributed by atoms with van der Waals surface area (Å²) in [7, 11) is 0. The minimum atomic E-state index is 0.0664. The van der Waals surface area contributed by atoms with Crippen LogP contribution in [0, 0.1) is 0 Å². The number of hydrogen-bond donors (Lipinski definition) is 1. The SMILES string of the molecule is O=C(CNc1ccc2oc3ccccc3c2c1)N1CCC[C@H]1c1ccc2c(c1)OCCCO2. The molecule has 0 saturated carbocycles. The lowest BCUT2D eigenvalue weighted by Gasteiger charge is -2.26. The van der Waals surface area contributed by atoms with Gasteiger partial charge in [-0.25, -0.2) is 0 Å². The quantitative estimate of drug-likeness (QED) is 0.451. The number of ether oxygens (including phenoxy) is 2. The molecule has 0 unspecified atom stereocenters. The molecule has 1 aromatic heterocycles. The Morgan fingerprint density at radius 2 is 1.76 bits per heavy atom. The van der Waals surface area contributed by atoms with E-state index in [9.17, 15) is 4.79 Å². The molecule has 0 spiro atoms. The zero-order valence-electron chi connectivity index (χ0n) is 18.4. The zero-order valence-corrected chi connectivity index (χ0v) is 18.4. The molecule has 3 aromatic carbocycles. The zero-order chi connectivity index (χ0) is 22.2. The second kappa shape index (κ2) is 8.35. The lowest BCUT2D eigenvalue weighted by Crippen LogP contribution is -2.35. The van der Waals surface area contributed by atoms with Gasteiger partial charge in [-0.1, -0.05) is 24.3 Å². The van der Waals surface area contributed by atoms with Crippen LogP contribution in [0.4, 0.5) is 5.69 Å². The molecule has 1 N–H and O–H groups in total. The Labute approximate surface area is 192 Å². The molecule has 6 nitrogen and oxygen atoms in total. The van der Waals surface area contributed by atoms with Gasteiger partial charge in [-0.2, -0.15) is 0 Å². The summed E-state index contributed by atoms with van der Waals surface area (Å²) in [6, 6.07) is 20.1. The van der Waals surface area contributed by atoms with Crippen molar-refractivity contribution >= 4 is 33.5 Å². The van der Waals surface area contributed by atoms with Crippen LogP contribution in [0.5, 0.6) is 11.5 Å². The second-order valence-electron chi connectivity index (χ2n) is 8.66. The summed E-state index contributed by atoms with van der Waals surface area (Å²) in [5, 5.41) is 5.45. The molecule has 168 valence electrons. The van der Waals surface area contributed by atoms with Crippen LogP contribution in [-0.4, -0.2) is 37.1 Å². The van der Waals surface area contributed by atoms with E-state index < -0.39 is 0 Å². The van der Waals surface area contributed by atoms with Crippen molar-refractivity contribution < 1.29 is 18.7 Å². The normalized spacial score (nSPS) is 17.9. The molecule has 2 aliphatic heterocycles. The van der Waals surface area contributed by atoms with Crippen LogP contribution < -0.4 is 14.8 Å². The van der Waals surface area contributed by atoms with Gasteiger partial charge in [0.05, 0.1) is 25.8 Å². The van der Waals surface area contributed by atoms with Crippen LogP contribution in [0.15, 0.2) is 65.1 Å². The number of carbonyl (C=O) groups excluding carboxylic acids is 1. The number of benzene rings is 3. The van der Waals surface area contributed by atoms with E-state index in [1.807, 2.05) is 47.4 Å². The van der Waals surface area contributed by atoms with E-state index in [0.717, 1.165) is 70.5 Å². The average Bonchev–Trinajstić information content (AvgIpc) is 3.40. The van der Waals surface area contributed by atoms with Gasteiger partial charge in [0.15, 0.2) is 11.5 Å². The van der Waals surface area contributed by atoms with Gasteiger partial charge >= 0.3 is 0 Å². The molecule has 0 aliphatic carbocycles. The third-order valence-electron chi connectivity index (χ3n) is 6.55. The van der Waals surface area contributed by atoms with E-state index in [4.69, 9.17) is 13.9 Å². The van der Waals surface area contributed by atoms with Crippen LogP contribution in [0.25, 0.3) is 21.9 Å². The van der Waals surface area contributed by atoms with E-state index in [1.165, 1.54) is 0 Å². The Bertz CT molecular complexity index is 1330. The first-order valence-corrected chi connectivity index (χ1v) is 11.6. The minimum absolute atomic E-state index is 0.0664. The van der Waals surface area contributed by atoms with E-state index in [0.29, 0.717) is 13.2 Å². The van der Waals surface area contributed by atoms with Crippen LogP contribution in [0.2, 0.25) is 0 Å². The van der Waals surface area contributed by atoms with Gasteiger partial charge in [-0.05, 0) is 54.8 Å². The molecule has 1 atom stereocenters. The number of nitrogens with one attached hydrogen (secondary N) is 1. The highest BCUT2D eigenvalue weighted by Crippen LogP contribution is 2.38. The third kappa shape index (κ3) is 3.75. The molecule has 1 saturated heterocycles. The number of fused-ring (bicyclic) bond motifs is 4. The van der Waals surface area contributed by atoms with Crippen LogP contribution in [-0.2, 0) is 4.79 Å². The smallest absolute Gasteiger partial charge is 0.242 e. The first kappa shape index (κ1) is 20.0. The number of likely N-dealkylation sites (tertiary alicyclic amines) is 1. The Morgan fingerprint density at radius 1 is 0.909 bits per heavy atom. The number of anilines is 1. The number of nitrogens with zero attached hydrogens (tertiary/aromatic N) is 1. The van der Waals surface area contributed by atoms with Gasteiger partial charge in [0.2, 0.25) is 5.91 Å². The average molecular weight is 443 g/mol. The number of amides is 1. The van der Waals surface area contributed by atoms with Crippen molar-refractivity contribution in [3.05, 3.63) is 66.2 Å². The van der Waals surface area contributed by atoms with Gasteiger partial charge < -0.3 is 24.1 Å². The number of carbonyl (C=O) groups is 1. The predicted molar refractivity (Wildman–Crippen MR) is 128 cm³/mol. The van der Waals surface area contributed by atoms with Crippen molar-refractivity contribution in [2.45, 2.75) is 25.3 Å². The number of hydrogen-bond acceptors (Lipinski definition) is 5. The summed E-state index contributed by atoms with van der Waals surface area (Å²) in [5.74, 6) is 1.67. The fourth-order valence-electron chi connectivity index (χ4n) is 4.91. The predicted octanol–water partition coefficient (Wildman–Crippen LogP) is 5.52. The van der Waals surface area contributed by atoms with Gasteiger partial charge in [-0.3, -0.25) is 4.79 Å². The molecular formula is C27H26N2O4. The van der Waals surface area contributed by atoms with Gasteiger partial charge in [0.25, 0.3) is 0 Å². The molecule has 6 rings (SSSR count). The highest BCUT2D eigenvalue weighted by molar-refractivity contribution is 6.06. The lowest BCUT2D eigenvalue weighted by atomic mass is 10.0. The molecule has 0 bridgehead atoms. The van der Waals surface area contributed by atoms with Crippen molar-refractivity contribution in [2.24, 2.45) is 0 Å². The van der Waals surface area contributed by atoms with Crippen molar-refractivity contribution in [2.75, 3.05) is 31.6 Å². The highest BCUT2D eigenvalue weighted by atomic mass is 16.5. The molecule has 3 heterocycles. The Hall–Kier alpha value is -3.67. The van der Waals surface area contributed by atoms with E-state index in [1.54, 1.807) is 0 Å². The van der Waals surface area contributed by atoms with Crippen molar-refractivity contribution in [3.8, 4) is 11.5 Å². The van der Waals surface area contributed by atoms with E-state index in [2.05, 4.69) is 23.5 Å². The fraction of sp³-hybridized carbons (Fsp3) is 0.296. The molecule has 2 aliphatic rings. The largest absolute Gasteiger partial charge is 0.490 e. The first-order valence-electron chi connectivity index (χ1n) is 11.6. The van der Waals surface area contributed by atoms with Crippen LogP contribution in [0.1, 0.15) is 30.9 Å². The lowest BCUT2D eigenvalue weighted by molar-refractivity contribution is -0.130. The molecule has 1 amide bonds. The van der Waals surface area contributed by atoms with E-state index >= 15 is 0 Å². The van der Waals surface area contributed by atoms with E-state index in [-0.39, 0.29) is 18.5 Å². The molecule has 1 fully saturated rings. The number of para-hydroxylation sites is 1. The molecule has 33 heavy (non-hydrogen) atoms. The van der Waals surface area contributed by atoms with Crippen LogP contribution >= 0.6 is 0 Å². The maximum absolute atomic E-state index is 13.2. The van der Waals surface area contributed by atoms with Crippen molar-refractivity contribution in [1.29, 1.82) is 0 Å². The van der Waals surface area contributed by atoms with Crippen molar-refractivity contribution in [1.82, 2.24) is 4.90 Å². The van der Waals surface area contributed by atoms with Gasteiger partial charge in [0, 0.05) is 29.4 Å². The maximum atomic E-state index is 13.2. The fourth-order valence-corrected chi connectivity index (χ4v) is 4.91. The highest BCUT2D eigenvalue weighted by Gasteiger charge is 2.30. The Morgan fingerprint density at radius 3 is 2.70 bits per heavy atom. The van der Waals surface area contributed by atoms with Gasteiger partial charge in [-0.15, -0.1) is 0 Å². The van der Waals surface area contributed by atoms with Crippen LogP contribution in [0.3, 0.4) is 0 Å². The number of furan rings is 1. The summed E-state index contributed by atoms with van der Waals surface area (Å²) in [5.41, 5.74) is 3.74. The maximum Gasteiger partial charge on any atom is 0.242 e. The first-order chi connectivity index (χ1) is 16.3. The third-order valence-corrected chi connectivity index (χ3v) is 6.55. The standard InChI is InChI=1S/C27H26N2O4/c30-27(17-28-19-9-11-24-21(16-19)20-5-1-2-7-23(20)33-24)29-12-3-6-22(29)18-8-10-25-26(15-18)32-14-4-13-31-25/h1-2,5,7-11,15-16,22,28H,3-4,6,12-14,17H2/t22-/m0/s1. The molecular weight excluding hydrogens is 416 g/mol. The molecule has 4 aromatic rings. The summed E-state index contributed by atoms with van der Waals surface area (Å²) in [6.45, 7) is 2.35. The number of rotatable bonds is 4. The molecule has 0 radical (unpaired) electrons. The van der Waals surface area contributed by atoms with Crippen molar-refractivity contribution in [3.63, 3.8) is 0 Å². The monoisotopic (exact) mass is 442 g/mol. The summed E-state index contributed by atoms with van der Waals surface area (Å²) >= 11 is 0. The Kier molecular flexibility index (Phi) is 5.06. The topological polar surface area (TPSA) is 63.9 Å². The summed E-state index contributed by atoms with van der Waals surface area (Å²) < 4.78 is 17.5. The summed E-state index contributed by atoms with van der Waals surface area (Å²) in [6.07, 6.45) is 2.83. The van der Waals surface area contributed by atoms with Gasteiger partial charge in [0.1, 0.15) is 11.2 Å². The second-order valence-corrected chi connectivity index (χ2v) is 8.66. The minimum Gasteiger partial charge on any atom is -0.490 e. The Balaban J connectivity index is 1.18.